The van der Waals surface area contributed by atoms with Crippen LogP contribution < -0.4 is 5.32 Å². The Balaban J connectivity index is 2.04. The third-order valence-corrected chi connectivity index (χ3v) is 4.74. The summed E-state index contributed by atoms with van der Waals surface area (Å²) in [6.07, 6.45) is 0.932. The lowest BCUT2D eigenvalue weighted by Crippen LogP contribution is -2.14. The topological polar surface area (TPSA) is 63.6 Å². The molecule has 0 amide bonds. The number of fused-ring (bicyclic) bond motifs is 2. The van der Waals surface area contributed by atoms with E-state index in [-0.39, 0.29) is 11.7 Å². The predicted octanol–water partition coefficient (Wildman–Crippen LogP) is 4.47. The van der Waals surface area contributed by atoms with Crippen LogP contribution in [0.3, 0.4) is 0 Å². The number of nitrogens with zero attached hydrogens (tertiary/aromatic N) is 2. The summed E-state index contributed by atoms with van der Waals surface area (Å²) in [7, 11) is 1.39. The number of hydrogen-bond acceptors (Lipinski definition) is 5. The third-order valence-electron chi connectivity index (χ3n) is 3.85. The molecule has 0 aliphatic carbocycles. The monoisotopic (exact) mass is 367 g/mol. The van der Waals surface area contributed by atoms with Gasteiger partial charge in [0, 0.05) is 17.3 Å². The number of methoxy groups -OCH3 is 1. The Morgan fingerprint density at radius 2 is 1.73 bits per heavy atom. The molecular weight excluding hydrogens is 346 g/mol. The van der Waals surface area contributed by atoms with Crippen LogP contribution in [-0.2, 0) is 9.53 Å². The van der Waals surface area contributed by atoms with E-state index in [4.69, 9.17) is 9.72 Å². The van der Waals surface area contributed by atoms with Gasteiger partial charge in [-0.2, -0.15) is 0 Å². The first-order valence-electron chi connectivity index (χ1n) is 8.51. The number of esters is 1. The van der Waals surface area contributed by atoms with Crippen LogP contribution in [0.4, 0.5) is 5.69 Å². The minimum absolute atomic E-state index is 0.215. The first-order valence-corrected chi connectivity index (χ1v) is 9.50. The molecule has 0 fully saturated rings. The molecule has 5 nitrogen and oxygen atoms in total. The number of nitrogens with one attached hydrogen (secondary N) is 1. The van der Waals surface area contributed by atoms with Crippen LogP contribution >= 0.6 is 11.8 Å². The number of anilines is 1. The molecule has 3 aromatic rings. The van der Waals surface area contributed by atoms with Crippen LogP contribution in [0.2, 0.25) is 0 Å². The Morgan fingerprint density at radius 1 is 1.12 bits per heavy atom. The van der Waals surface area contributed by atoms with Gasteiger partial charge in [-0.1, -0.05) is 55.1 Å². The number of benzene rings is 2. The highest BCUT2D eigenvalue weighted by Crippen LogP contribution is 2.31. The standard InChI is InChI=1S/C20H21N3O2S/c1-3-12-21-20(26-13-18(24)25-2)23-19-14-8-4-6-10-16(14)22-17-11-7-5-9-15(17)19/h4-11H,3,12-13H2,1-2H3,(H,21,22,23). The molecule has 0 saturated heterocycles. The number of hydrogen-bond donors (Lipinski definition) is 1. The van der Waals surface area contributed by atoms with Crippen LogP contribution in [0.5, 0.6) is 0 Å². The molecule has 1 heterocycles. The van der Waals surface area contributed by atoms with E-state index in [0.29, 0.717) is 11.7 Å². The lowest BCUT2D eigenvalue weighted by atomic mass is 10.1. The summed E-state index contributed by atoms with van der Waals surface area (Å²) >= 11 is 1.35. The number of aliphatic imine (C=N–C) groups is 1. The van der Waals surface area contributed by atoms with E-state index in [1.54, 1.807) is 0 Å². The average molecular weight is 367 g/mol. The van der Waals surface area contributed by atoms with Gasteiger partial charge >= 0.3 is 5.97 Å². The Morgan fingerprint density at radius 3 is 2.31 bits per heavy atom. The first-order chi connectivity index (χ1) is 12.7. The smallest absolute Gasteiger partial charge is 0.316 e. The summed E-state index contributed by atoms with van der Waals surface area (Å²) in [6.45, 7) is 2.76. The summed E-state index contributed by atoms with van der Waals surface area (Å²) in [5, 5.41) is 6.20. The quantitative estimate of drug-likeness (QED) is 0.312. The molecule has 1 aromatic heterocycles. The summed E-state index contributed by atoms with van der Waals surface area (Å²) < 4.78 is 4.74. The Kier molecular flexibility index (Phi) is 6.07. The van der Waals surface area contributed by atoms with Crippen molar-refractivity contribution in [2.45, 2.75) is 13.3 Å². The van der Waals surface area contributed by atoms with E-state index < -0.39 is 0 Å². The van der Waals surface area contributed by atoms with Gasteiger partial charge in [0.05, 0.1) is 29.6 Å². The number of para-hydroxylation sites is 2. The van der Waals surface area contributed by atoms with Crippen molar-refractivity contribution >= 4 is 50.4 Å². The van der Waals surface area contributed by atoms with Crippen molar-refractivity contribution in [2.24, 2.45) is 4.99 Å². The zero-order valence-corrected chi connectivity index (χ0v) is 15.7. The maximum atomic E-state index is 11.5. The average Bonchev–Trinajstić information content (AvgIpc) is 2.69. The van der Waals surface area contributed by atoms with Gasteiger partial charge < -0.3 is 10.1 Å². The second-order valence-electron chi connectivity index (χ2n) is 5.70. The van der Waals surface area contributed by atoms with E-state index in [1.165, 1.54) is 18.9 Å². The van der Waals surface area contributed by atoms with Crippen molar-refractivity contribution < 1.29 is 9.53 Å². The molecule has 0 aliphatic heterocycles. The van der Waals surface area contributed by atoms with Gasteiger partial charge in [-0.15, -0.1) is 0 Å². The Hall–Kier alpha value is -2.60. The van der Waals surface area contributed by atoms with E-state index in [0.717, 1.165) is 33.9 Å². The Bertz CT molecular complexity index is 902. The van der Waals surface area contributed by atoms with Crippen LogP contribution in [0.15, 0.2) is 53.5 Å². The van der Waals surface area contributed by atoms with E-state index in [9.17, 15) is 4.79 Å². The zero-order chi connectivity index (χ0) is 18.4. The lowest BCUT2D eigenvalue weighted by molar-refractivity contribution is -0.137. The van der Waals surface area contributed by atoms with E-state index in [1.807, 2.05) is 48.5 Å². The number of pyridine rings is 1. The predicted molar refractivity (Wildman–Crippen MR) is 110 cm³/mol. The van der Waals surface area contributed by atoms with Gasteiger partial charge in [0.2, 0.25) is 0 Å². The van der Waals surface area contributed by atoms with Gasteiger partial charge in [-0.25, -0.2) is 4.98 Å². The van der Waals surface area contributed by atoms with Gasteiger partial charge in [-0.3, -0.25) is 9.79 Å². The van der Waals surface area contributed by atoms with Crippen LogP contribution in [0.1, 0.15) is 13.3 Å². The van der Waals surface area contributed by atoms with Gasteiger partial charge in [0.1, 0.15) is 0 Å². The van der Waals surface area contributed by atoms with Crippen LogP contribution in [0.25, 0.3) is 21.8 Å². The molecule has 26 heavy (non-hydrogen) atoms. The van der Waals surface area contributed by atoms with Crippen molar-refractivity contribution in [3.05, 3.63) is 48.5 Å². The summed E-state index contributed by atoms with van der Waals surface area (Å²) in [5.74, 6) is -0.0575. The molecule has 0 radical (unpaired) electrons. The van der Waals surface area contributed by atoms with Crippen molar-refractivity contribution in [3.8, 4) is 0 Å². The molecule has 134 valence electrons. The zero-order valence-electron chi connectivity index (χ0n) is 14.9. The van der Waals surface area contributed by atoms with Crippen molar-refractivity contribution in [2.75, 3.05) is 24.7 Å². The molecule has 2 aromatic carbocycles. The Labute approximate surface area is 156 Å². The highest BCUT2D eigenvalue weighted by atomic mass is 32.2. The minimum Gasteiger partial charge on any atom is -0.468 e. The molecule has 0 unspecified atom stereocenters. The van der Waals surface area contributed by atoms with Crippen LogP contribution in [-0.4, -0.2) is 35.5 Å². The van der Waals surface area contributed by atoms with Crippen molar-refractivity contribution in [1.82, 2.24) is 4.98 Å². The second kappa shape index (κ2) is 8.67. The minimum atomic E-state index is -0.273. The summed E-state index contributed by atoms with van der Waals surface area (Å²) in [4.78, 5) is 20.9. The molecule has 0 atom stereocenters. The highest BCUT2D eigenvalue weighted by molar-refractivity contribution is 8.14. The highest BCUT2D eigenvalue weighted by Gasteiger charge is 2.12. The van der Waals surface area contributed by atoms with Gasteiger partial charge in [0.25, 0.3) is 0 Å². The number of carbonyl (C=O) groups is 1. The van der Waals surface area contributed by atoms with Crippen molar-refractivity contribution in [3.63, 3.8) is 0 Å². The molecule has 3 rings (SSSR count). The van der Waals surface area contributed by atoms with Crippen molar-refractivity contribution in [1.29, 1.82) is 0 Å². The fourth-order valence-electron chi connectivity index (χ4n) is 2.60. The number of rotatable bonds is 5. The number of aromatic nitrogens is 1. The molecule has 1 N–H and O–H groups in total. The maximum Gasteiger partial charge on any atom is 0.316 e. The number of amidine groups is 1. The molecular formula is C20H21N3O2S. The largest absolute Gasteiger partial charge is 0.468 e. The number of thioether (sulfide) groups is 1. The van der Waals surface area contributed by atoms with E-state index >= 15 is 0 Å². The number of carbonyl (C=O) groups excluding carboxylic acids is 1. The third kappa shape index (κ3) is 4.14. The maximum absolute atomic E-state index is 11.5. The number of ether oxygens (including phenoxy) is 1. The first kappa shape index (κ1) is 18.2. The lowest BCUT2D eigenvalue weighted by Gasteiger charge is -2.14. The second-order valence-corrected chi connectivity index (χ2v) is 6.66. The van der Waals surface area contributed by atoms with E-state index in [2.05, 4.69) is 17.2 Å². The summed E-state index contributed by atoms with van der Waals surface area (Å²) in [5.41, 5.74) is 2.79. The molecule has 0 saturated carbocycles. The van der Waals surface area contributed by atoms with Gasteiger partial charge in [0.15, 0.2) is 5.17 Å². The normalized spacial score (nSPS) is 11.7. The summed E-state index contributed by atoms with van der Waals surface area (Å²) in [6, 6.07) is 16.0. The molecule has 0 bridgehead atoms. The fraction of sp³-hybridized carbons (Fsp3) is 0.250. The molecule has 6 heteroatoms. The SMILES string of the molecule is CCCN=C(Nc1c2ccccc2nc2ccccc12)SCC(=O)OC. The van der Waals surface area contributed by atoms with Crippen LogP contribution in [0, 0.1) is 0 Å². The molecule has 0 aliphatic rings. The van der Waals surface area contributed by atoms with Gasteiger partial charge in [-0.05, 0) is 18.6 Å². The fourth-order valence-corrected chi connectivity index (χ4v) is 3.33. The molecule has 0 spiro atoms.